The van der Waals surface area contributed by atoms with Crippen molar-refractivity contribution in [2.45, 2.75) is 26.0 Å². The van der Waals surface area contributed by atoms with E-state index in [0.717, 1.165) is 5.56 Å². The zero-order valence-corrected chi connectivity index (χ0v) is 14.0. The molecule has 2 N–H and O–H groups in total. The van der Waals surface area contributed by atoms with Crippen LogP contribution in [0.4, 0.5) is 10.5 Å². The van der Waals surface area contributed by atoms with Gasteiger partial charge in [-0.15, -0.1) is 0 Å². The lowest BCUT2D eigenvalue weighted by molar-refractivity contribution is 0.0469. The molecule has 0 saturated carbocycles. The molecule has 0 aliphatic carbocycles. The summed E-state index contributed by atoms with van der Waals surface area (Å²) in [7, 11) is 0. The van der Waals surface area contributed by atoms with Crippen molar-refractivity contribution in [1.82, 2.24) is 4.90 Å². The zero-order valence-electron chi connectivity index (χ0n) is 13.3. The Morgan fingerprint density at radius 3 is 2.35 bits per heavy atom. The number of hydrogen-bond donors (Lipinski definition) is 2. The summed E-state index contributed by atoms with van der Waals surface area (Å²) in [4.78, 5) is 14.2. The van der Waals surface area contributed by atoms with E-state index >= 15 is 0 Å². The average Bonchev–Trinajstić information content (AvgIpc) is 2.48. The molecule has 23 heavy (non-hydrogen) atoms. The molecule has 5 heteroatoms. The second-order valence-electron chi connectivity index (χ2n) is 6.06. The number of carbonyl (C=O) groups excluding carboxylic acids is 1. The number of carbonyl (C=O) groups is 1. The molecule has 0 fully saturated rings. The van der Waals surface area contributed by atoms with Crippen molar-refractivity contribution in [3.63, 3.8) is 0 Å². The minimum Gasteiger partial charge on any atom is -0.389 e. The van der Waals surface area contributed by atoms with Gasteiger partial charge in [-0.3, -0.25) is 0 Å². The van der Waals surface area contributed by atoms with Crippen LogP contribution >= 0.6 is 11.6 Å². The van der Waals surface area contributed by atoms with E-state index in [2.05, 4.69) is 5.32 Å². The van der Waals surface area contributed by atoms with Crippen molar-refractivity contribution in [2.75, 3.05) is 11.9 Å². The summed E-state index contributed by atoms with van der Waals surface area (Å²) in [6.07, 6.45) is 0. The van der Waals surface area contributed by atoms with Crippen LogP contribution in [-0.2, 0) is 6.54 Å². The third kappa shape index (κ3) is 5.58. The van der Waals surface area contributed by atoms with Crippen LogP contribution < -0.4 is 5.32 Å². The predicted octanol–water partition coefficient (Wildman–Crippen LogP) is 4.15. The van der Waals surface area contributed by atoms with Crippen molar-refractivity contribution in [2.24, 2.45) is 0 Å². The predicted molar refractivity (Wildman–Crippen MR) is 93.6 cm³/mol. The monoisotopic (exact) mass is 332 g/mol. The molecule has 2 aromatic rings. The summed E-state index contributed by atoms with van der Waals surface area (Å²) >= 11 is 6.08. The molecule has 0 heterocycles. The highest BCUT2D eigenvalue weighted by Gasteiger charge is 2.23. The van der Waals surface area contributed by atoms with E-state index in [4.69, 9.17) is 11.6 Å². The van der Waals surface area contributed by atoms with Gasteiger partial charge in [0.15, 0.2) is 0 Å². The van der Waals surface area contributed by atoms with Crippen LogP contribution in [-0.4, -0.2) is 28.2 Å². The molecule has 0 saturated heterocycles. The molecule has 2 amide bonds. The molecule has 0 aromatic heterocycles. The Kier molecular flexibility index (Phi) is 5.64. The second-order valence-corrected chi connectivity index (χ2v) is 6.47. The number of anilines is 1. The maximum Gasteiger partial charge on any atom is 0.322 e. The van der Waals surface area contributed by atoms with Gasteiger partial charge >= 0.3 is 6.03 Å². The van der Waals surface area contributed by atoms with Gasteiger partial charge in [0.1, 0.15) is 0 Å². The Morgan fingerprint density at radius 2 is 1.74 bits per heavy atom. The first kappa shape index (κ1) is 17.3. The fraction of sp³-hybridized carbons (Fsp3) is 0.278. The summed E-state index contributed by atoms with van der Waals surface area (Å²) in [5.41, 5.74) is 0.547. The fourth-order valence-electron chi connectivity index (χ4n) is 2.23. The molecule has 0 aliphatic heterocycles. The van der Waals surface area contributed by atoms with Crippen molar-refractivity contribution >= 4 is 23.3 Å². The summed E-state index contributed by atoms with van der Waals surface area (Å²) in [6, 6.07) is 16.4. The van der Waals surface area contributed by atoms with Crippen LogP contribution in [0.1, 0.15) is 19.4 Å². The van der Waals surface area contributed by atoms with Gasteiger partial charge < -0.3 is 15.3 Å². The van der Waals surface area contributed by atoms with Gasteiger partial charge in [-0.2, -0.15) is 0 Å². The highest BCUT2D eigenvalue weighted by molar-refractivity contribution is 6.33. The van der Waals surface area contributed by atoms with Crippen LogP contribution in [0.5, 0.6) is 0 Å². The van der Waals surface area contributed by atoms with Gasteiger partial charge in [0.05, 0.1) is 22.9 Å². The van der Waals surface area contributed by atoms with E-state index in [1.807, 2.05) is 30.3 Å². The van der Waals surface area contributed by atoms with E-state index in [0.29, 0.717) is 17.3 Å². The van der Waals surface area contributed by atoms with Crippen LogP contribution in [0.2, 0.25) is 5.02 Å². The van der Waals surface area contributed by atoms with E-state index in [1.165, 1.54) is 0 Å². The molecule has 2 rings (SSSR count). The van der Waals surface area contributed by atoms with Gasteiger partial charge in [-0.05, 0) is 31.5 Å². The van der Waals surface area contributed by atoms with Crippen LogP contribution in [0.3, 0.4) is 0 Å². The Hall–Kier alpha value is -2.04. The first-order valence-electron chi connectivity index (χ1n) is 7.42. The fourth-order valence-corrected chi connectivity index (χ4v) is 2.41. The Labute approximate surface area is 141 Å². The van der Waals surface area contributed by atoms with Gasteiger partial charge in [-0.1, -0.05) is 54.1 Å². The number of aliphatic hydroxyl groups is 1. The largest absolute Gasteiger partial charge is 0.389 e. The van der Waals surface area contributed by atoms with Gasteiger partial charge in [0, 0.05) is 6.54 Å². The lowest BCUT2D eigenvalue weighted by atomic mass is 10.1. The molecule has 4 nitrogen and oxygen atoms in total. The van der Waals surface area contributed by atoms with E-state index < -0.39 is 5.60 Å². The number of rotatable bonds is 5. The minimum absolute atomic E-state index is 0.207. The van der Waals surface area contributed by atoms with Gasteiger partial charge in [0.25, 0.3) is 0 Å². The van der Waals surface area contributed by atoms with E-state index in [-0.39, 0.29) is 12.6 Å². The lowest BCUT2D eigenvalue weighted by Gasteiger charge is -2.29. The summed E-state index contributed by atoms with van der Waals surface area (Å²) < 4.78 is 0. The lowest BCUT2D eigenvalue weighted by Crippen LogP contribution is -2.43. The molecule has 0 unspecified atom stereocenters. The molecular formula is C18H21ClN2O2. The zero-order chi connectivity index (χ0) is 16.9. The van der Waals surface area contributed by atoms with E-state index in [9.17, 15) is 9.90 Å². The van der Waals surface area contributed by atoms with Crippen LogP contribution in [0.25, 0.3) is 0 Å². The number of benzene rings is 2. The van der Waals surface area contributed by atoms with Crippen LogP contribution in [0, 0.1) is 0 Å². The number of amides is 2. The van der Waals surface area contributed by atoms with Crippen molar-refractivity contribution in [3.05, 3.63) is 65.2 Å². The second kappa shape index (κ2) is 7.49. The molecule has 0 atom stereocenters. The molecule has 0 radical (unpaired) electrons. The summed E-state index contributed by atoms with van der Waals surface area (Å²) in [5, 5.41) is 13.4. The maximum atomic E-state index is 12.6. The van der Waals surface area contributed by atoms with Crippen LogP contribution in [0.15, 0.2) is 54.6 Å². The van der Waals surface area contributed by atoms with E-state index in [1.54, 1.807) is 43.0 Å². The SMILES string of the molecule is CC(C)(O)CN(Cc1ccccc1)C(=O)Nc1ccccc1Cl. The molecule has 122 valence electrons. The number of halogens is 1. The third-order valence-corrected chi connectivity index (χ3v) is 3.53. The molecular weight excluding hydrogens is 312 g/mol. The highest BCUT2D eigenvalue weighted by Crippen LogP contribution is 2.21. The Morgan fingerprint density at radius 1 is 1.13 bits per heavy atom. The van der Waals surface area contributed by atoms with Crippen molar-refractivity contribution < 1.29 is 9.90 Å². The molecule has 2 aromatic carbocycles. The first-order valence-corrected chi connectivity index (χ1v) is 7.80. The number of nitrogens with one attached hydrogen (secondary N) is 1. The number of para-hydroxylation sites is 1. The minimum atomic E-state index is -0.993. The number of hydrogen-bond acceptors (Lipinski definition) is 2. The Bertz CT molecular complexity index is 654. The topological polar surface area (TPSA) is 52.6 Å². The molecule has 0 spiro atoms. The summed E-state index contributed by atoms with van der Waals surface area (Å²) in [6.45, 7) is 3.96. The number of nitrogens with zero attached hydrogens (tertiary/aromatic N) is 1. The van der Waals surface area contributed by atoms with Gasteiger partial charge in [-0.25, -0.2) is 4.79 Å². The van der Waals surface area contributed by atoms with Crippen molar-refractivity contribution in [3.8, 4) is 0 Å². The number of urea groups is 1. The molecule has 0 aliphatic rings. The maximum absolute atomic E-state index is 12.6. The average molecular weight is 333 g/mol. The molecule has 0 bridgehead atoms. The third-order valence-electron chi connectivity index (χ3n) is 3.20. The normalized spacial score (nSPS) is 11.1. The summed E-state index contributed by atoms with van der Waals surface area (Å²) in [5.74, 6) is 0. The Balaban J connectivity index is 2.15. The van der Waals surface area contributed by atoms with Crippen molar-refractivity contribution in [1.29, 1.82) is 0 Å². The standard InChI is InChI=1S/C18H21ClN2O2/c1-18(2,23)13-21(12-14-8-4-3-5-9-14)17(22)20-16-11-7-6-10-15(16)19/h3-11,23H,12-13H2,1-2H3,(H,20,22). The van der Waals surface area contributed by atoms with Gasteiger partial charge in [0.2, 0.25) is 0 Å². The quantitative estimate of drug-likeness (QED) is 0.864. The highest BCUT2D eigenvalue weighted by atomic mass is 35.5. The smallest absolute Gasteiger partial charge is 0.322 e. The first-order chi connectivity index (χ1) is 10.8.